The number of piperidine rings is 1. The fraction of sp³-hybridized carbons (Fsp3) is 0.889. The zero-order valence-corrected chi connectivity index (χ0v) is 18.3. The summed E-state index contributed by atoms with van der Waals surface area (Å²) >= 11 is 0. The smallest absolute Gasteiger partial charge is 0.410 e. The van der Waals surface area contributed by atoms with E-state index in [1.54, 1.807) is 4.90 Å². The van der Waals surface area contributed by atoms with Crippen molar-refractivity contribution in [1.82, 2.24) is 4.90 Å². The maximum absolute atomic E-state index is 12.3. The Balaban J connectivity index is 2.90. The van der Waals surface area contributed by atoms with Crippen LogP contribution in [0.3, 0.4) is 0 Å². The summed E-state index contributed by atoms with van der Waals surface area (Å²) in [7, 11) is -0.649. The molecule has 2 atom stereocenters. The Bertz CT molecular complexity index is 493. The molecule has 1 heterocycles. The highest BCUT2D eigenvalue weighted by molar-refractivity contribution is 6.74. The van der Waals surface area contributed by atoms with E-state index >= 15 is 0 Å². The summed E-state index contributed by atoms with van der Waals surface area (Å²) in [6.45, 7) is 17.1. The van der Waals surface area contributed by atoms with Crippen molar-refractivity contribution in [2.75, 3.05) is 20.2 Å². The number of esters is 1. The van der Waals surface area contributed by atoms with Crippen LogP contribution in [-0.2, 0) is 18.7 Å². The van der Waals surface area contributed by atoms with E-state index in [4.69, 9.17) is 13.9 Å². The highest BCUT2D eigenvalue weighted by Gasteiger charge is 2.45. The summed E-state index contributed by atoms with van der Waals surface area (Å²) in [6, 6.07) is 0. The van der Waals surface area contributed by atoms with Crippen molar-refractivity contribution < 1.29 is 23.5 Å². The minimum atomic E-state index is -2.02. The number of hydrogen-bond acceptors (Lipinski definition) is 5. The zero-order valence-electron chi connectivity index (χ0n) is 17.3. The van der Waals surface area contributed by atoms with Crippen molar-refractivity contribution in [2.45, 2.75) is 77.8 Å². The van der Waals surface area contributed by atoms with Gasteiger partial charge in [0.05, 0.1) is 19.1 Å². The van der Waals surface area contributed by atoms with Crippen LogP contribution in [0.4, 0.5) is 4.79 Å². The van der Waals surface area contributed by atoms with Gasteiger partial charge in [-0.1, -0.05) is 20.8 Å². The topological polar surface area (TPSA) is 65.1 Å². The van der Waals surface area contributed by atoms with Crippen molar-refractivity contribution in [3.05, 3.63) is 0 Å². The molecule has 0 aromatic rings. The predicted molar refractivity (Wildman–Crippen MR) is 100 cm³/mol. The van der Waals surface area contributed by atoms with Crippen LogP contribution in [0.1, 0.15) is 48.0 Å². The lowest BCUT2D eigenvalue weighted by Crippen LogP contribution is -2.55. The molecule has 7 heteroatoms. The van der Waals surface area contributed by atoms with Gasteiger partial charge in [-0.05, 0) is 45.3 Å². The average molecular weight is 374 g/mol. The second-order valence-corrected chi connectivity index (χ2v) is 14.0. The first-order chi connectivity index (χ1) is 11.2. The number of carbonyl (C=O) groups excluding carboxylic acids is 2. The lowest BCUT2D eigenvalue weighted by Gasteiger charge is -2.44. The Morgan fingerprint density at radius 2 is 1.64 bits per heavy atom. The van der Waals surface area contributed by atoms with E-state index in [9.17, 15) is 9.59 Å². The van der Waals surface area contributed by atoms with Crippen LogP contribution >= 0.6 is 0 Å². The number of carbonyl (C=O) groups is 2. The van der Waals surface area contributed by atoms with Crippen LogP contribution in [0.2, 0.25) is 18.1 Å². The molecule has 146 valence electrons. The van der Waals surface area contributed by atoms with E-state index in [0.29, 0.717) is 13.0 Å². The van der Waals surface area contributed by atoms with E-state index in [-0.39, 0.29) is 23.7 Å². The van der Waals surface area contributed by atoms with Gasteiger partial charge in [-0.3, -0.25) is 4.79 Å². The molecular weight excluding hydrogens is 338 g/mol. The van der Waals surface area contributed by atoms with Crippen LogP contribution < -0.4 is 0 Å². The molecule has 0 aromatic carbocycles. The van der Waals surface area contributed by atoms with Gasteiger partial charge in [0.25, 0.3) is 0 Å². The molecule has 1 amide bonds. The van der Waals surface area contributed by atoms with Crippen LogP contribution in [-0.4, -0.2) is 57.2 Å². The standard InChI is InChI=1S/C18H35NO5Si/c1-17(2,3)23-16(21)19-11-10-14(13(12-19)15(20)22-7)24-25(8,9)18(4,5)6/h13-14H,10-12H2,1-9H3/t13-,14+/m0/s1. The Kier molecular flexibility index (Phi) is 6.73. The van der Waals surface area contributed by atoms with Gasteiger partial charge in [-0.2, -0.15) is 0 Å². The molecular formula is C18H35NO5Si. The fourth-order valence-corrected chi connectivity index (χ4v) is 3.89. The molecule has 0 N–H and O–H groups in total. The van der Waals surface area contributed by atoms with E-state index in [1.807, 2.05) is 20.8 Å². The Hall–Kier alpha value is -1.08. The number of rotatable bonds is 3. The van der Waals surface area contributed by atoms with Gasteiger partial charge in [-0.15, -0.1) is 0 Å². The molecule has 1 fully saturated rings. The minimum Gasteiger partial charge on any atom is -0.469 e. The number of nitrogens with zero attached hydrogens (tertiary/aromatic N) is 1. The molecule has 1 aliphatic heterocycles. The molecule has 0 bridgehead atoms. The molecule has 0 spiro atoms. The maximum Gasteiger partial charge on any atom is 0.410 e. The van der Waals surface area contributed by atoms with Crippen LogP contribution in [0.5, 0.6) is 0 Å². The molecule has 0 aromatic heterocycles. The molecule has 0 aliphatic carbocycles. The van der Waals surface area contributed by atoms with Crippen molar-refractivity contribution in [1.29, 1.82) is 0 Å². The Morgan fingerprint density at radius 3 is 2.08 bits per heavy atom. The third-order valence-electron chi connectivity index (χ3n) is 4.96. The maximum atomic E-state index is 12.3. The highest BCUT2D eigenvalue weighted by Crippen LogP contribution is 2.39. The third kappa shape index (κ3) is 5.99. The predicted octanol–water partition coefficient (Wildman–Crippen LogP) is 3.81. The second-order valence-electron chi connectivity index (χ2n) is 9.26. The van der Waals surface area contributed by atoms with Crippen LogP contribution in [0.15, 0.2) is 0 Å². The normalized spacial score (nSPS) is 22.5. The number of amides is 1. The number of ether oxygens (including phenoxy) is 2. The summed E-state index contributed by atoms with van der Waals surface area (Å²) in [5, 5.41) is 0.0516. The summed E-state index contributed by atoms with van der Waals surface area (Å²) in [5.41, 5.74) is -0.563. The van der Waals surface area contributed by atoms with Gasteiger partial charge in [0.2, 0.25) is 0 Å². The van der Waals surface area contributed by atoms with Crippen molar-refractivity contribution in [3.8, 4) is 0 Å². The van der Waals surface area contributed by atoms with Crippen LogP contribution in [0, 0.1) is 5.92 Å². The van der Waals surface area contributed by atoms with E-state index in [2.05, 4.69) is 33.9 Å². The molecule has 0 radical (unpaired) electrons. The molecule has 1 aliphatic rings. The lowest BCUT2D eigenvalue weighted by molar-refractivity contribution is -0.151. The third-order valence-corrected chi connectivity index (χ3v) is 9.46. The first-order valence-corrected chi connectivity index (χ1v) is 11.8. The molecule has 6 nitrogen and oxygen atoms in total. The molecule has 25 heavy (non-hydrogen) atoms. The summed E-state index contributed by atoms with van der Waals surface area (Å²) in [6.07, 6.45) is -0.0230. The first-order valence-electron chi connectivity index (χ1n) is 8.91. The quantitative estimate of drug-likeness (QED) is 0.556. The van der Waals surface area contributed by atoms with Gasteiger partial charge >= 0.3 is 12.1 Å². The Morgan fingerprint density at radius 1 is 1.08 bits per heavy atom. The molecule has 1 saturated heterocycles. The second kappa shape index (κ2) is 7.66. The summed E-state index contributed by atoms with van der Waals surface area (Å²) in [4.78, 5) is 26.2. The molecule has 0 unspecified atom stereocenters. The van der Waals surface area contributed by atoms with Crippen molar-refractivity contribution >= 4 is 20.4 Å². The van der Waals surface area contributed by atoms with Crippen LogP contribution in [0.25, 0.3) is 0 Å². The van der Waals surface area contributed by atoms with Gasteiger partial charge < -0.3 is 18.8 Å². The SMILES string of the molecule is COC(=O)[C@H]1CN(C(=O)OC(C)(C)C)CC[C@H]1O[Si](C)(C)C(C)(C)C. The molecule has 1 rings (SSSR count). The highest BCUT2D eigenvalue weighted by atomic mass is 28.4. The summed E-state index contributed by atoms with van der Waals surface area (Å²) in [5.74, 6) is -0.822. The number of hydrogen-bond donors (Lipinski definition) is 0. The average Bonchev–Trinajstić information content (AvgIpc) is 2.43. The van der Waals surface area contributed by atoms with E-state index in [1.165, 1.54) is 7.11 Å². The Labute approximate surface area is 153 Å². The lowest BCUT2D eigenvalue weighted by atomic mass is 9.95. The monoisotopic (exact) mass is 373 g/mol. The summed E-state index contributed by atoms with van der Waals surface area (Å²) < 4.78 is 16.9. The van der Waals surface area contributed by atoms with Crippen molar-refractivity contribution in [2.24, 2.45) is 5.92 Å². The number of likely N-dealkylation sites (tertiary alicyclic amines) is 1. The minimum absolute atomic E-state index is 0.0516. The van der Waals surface area contributed by atoms with E-state index in [0.717, 1.165) is 0 Å². The van der Waals surface area contributed by atoms with E-state index < -0.39 is 25.9 Å². The first kappa shape index (κ1) is 22.0. The van der Waals surface area contributed by atoms with Crippen molar-refractivity contribution in [3.63, 3.8) is 0 Å². The fourth-order valence-electron chi connectivity index (χ4n) is 2.50. The van der Waals surface area contributed by atoms with Gasteiger partial charge in [0, 0.05) is 13.1 Å². The zero-order chi connectivity index (χ0) is 19.6. The van der Waals surface area contributed by atoms with Gasteiger partial charge in [0.1, 0.15) is 5.60 Å². The number of methoxy groups -OCH3 is 1. The molecule has 0 saturated carbocycles. The van der Waals surface area contributed by atoms with Gasteiger partial charge in [-0.25, -0.2) is 4.79 Å². The largest absolute Gasteiger partial charge is 0.469 e. The van der Waals surface area contributed by atoms with Gasteiger partial charge in [0.15, 0.2) is 8.32 Å².